The predicted octanol–water partition coefficient (Wildman–Crippen LogP) is 2.13. The number of amides is 1. The number of nitrogens with zero attached hydrogens (tertiary/aromatic N) is 1. The zero-order valence-electron chi connectivity index (χ0n) is 8.65. The highest BCUT2D eigenvalue weighted by atomic mass is 19.2. The van der Waals surface area contributed by atoms with Gasteiger partial charge in [-0.05, 0) is 12.1 Å². The summed E-state index contributed by atoms with van der Waals surface area (Å²) in [5, 5.41) is 0. The van der Waals surface area contributed by atoms with Gasteiger partial charge < -0.3 is 5.73 Å². The molecule has 0 fully saturated rings. The number of primary amides is 1. The SMILES string of the molecule is NC(=O)c1cncc(-c2cccc(F)c2F)c1. The minimum Gasteiger partial charge on any atom is -0.366 e. The minimum atomic E-state index is -0.976. The van der Waals surface area contributed by atoms with E-state index in [9.17, 15) is 13.6 Å². The van der Waals surface area contributed by atoms with E-state index in [4.69, 9.17) is 5.73 Å². The monoisotopic (exact) mass is 234 g/mol. The van der Waals surface area contributed by atoms with Crippen molar-refractivity contribution in [3.63, 3.8) is 0 Å². The Labute approximate surface area is 95.9 Å². The molecule has 0 aliphatic carbocycles. The number of pyridine rings is 1. The second kappa shape index (κ2) is 4.29. The molecule has 1 amide bonds. The molecule has 0 radical (unpaired) electrons. The fourth-order valence-electron chi connectivity index (χ4n) is 1.45. The van der Waals surface area contributed by atoms with Crippen molar-refractivity contribution in [3.8, 4) is 11.1 Å². The number of hydrogen-bond acceptors (Lipinski definition) is 2. The van der Waals surface area contributed by atoms with Crippen LogP contribution in [0.3, 0.4) is 0 Å². The first-order valence-corrected chi connectivity index (χ1v) is 4.79. The molecule has 17 heavy (non-hydrogen) atoms. The molecule has 0 unspecified atom stereocenters. The van der Waals surface area contributed by atoms with E-state index in [0.717, 1.165) is 6.07 Å². The van der Waals surface area contributed by atoms with Crippen LogP contribution in [-0.4, -0.2) is 10.9 Å². The van der Waals surface area contributed by atoms with Crippen molar-refractivity contribution in [2.75, 3.05) is 0 Å². The molecule has 0 bridgehead atoms. The first-order valence-electron chi connectivity index (χ1n) is 4.79. The van der Waals surface area contributed by atoms with Gasteiger partial charge in [-0.2, -0.15) is 0 Å². The Morgan fingerprint density at radius 2 is 2.00 bits per heavy atom. The number of rotatable bonds is 2. The molecule has 2 rings (SSSR count). The molecule has 3 nitrogen and oxygen atoms in total. The molecule has 1 heterocycles. The number of benzene rings is 1. The van der Waals surface area contributed by atoms with Crippen molar-refractivity contribution in [3.05, 3.63) is 53.9 Å². The van der Waals surface area contributed by atoms with Crippen molar-refractivity contribution in [1.29, 1.82) is 0 Å². The summed E-state index contributed by atoms with van der Waals surface area (Å²) in [6.45, 7) is 0. The summed E-state index contributed by atoms with van der Waals surface area (Å²) >= 11 is 0. The molecule has 86 valence electrons. The lowest BCUT2D eigenvalue weighted by Gasteiger charge is -2.04. The number of carbonyl (C=O) groups is 1. The number of carbonyl (C=O) groups excluding carboxylic acids is 1. The van der Waals surface area contributed by atoms with Gasteiger partial charge in [0.05, 0.1) is 5.56 Å². The van der Waals surface area contributed by atoms with Crippen molar-refractivity contribution in [2.24, 2.45) is 5.73 Å². The lowest BCUT2D eigenvalue weighted by Crippen LogP contribution is -2.11. The van der Waals surface area contributed by atoms with E-state index in [1.54, 1.807) is 0 Å². The van der Waals surface area contributed by atoms with E-state index in [1.165, 1.54) is 30.6 Å². The van der Waals surface area contributed by atoms with Crippen molar-refractivity contribution in [1.82, 2.24) is 4.98 Å². The molecule has 0 saturated heterocycles. The Bertz CT molecular complexity index is 584. The zero-order valence-corrected chi connectivity index (χ0v) is 8.65. The quantitative estimate of drug-likeness (QED) is 0.865. The van der Waals surface area contributed by atoms with E-state index in [0.29, 0.717) is 5.56 Å². The van der Waals surface area contributed by atoms with Crippen LogP contribution in [0.1, 0.15) is 10.4 Å². The molecule has 0 spiro atoms. The van der Waals surface area contributed by atoms with Gasteiger partial charge in [-0.25, -0.2) is 8.78 Å². The summed E-state index contributed by atoms with van der Waals surface area (Å²) in [4.78, 5) is 14.7. The lowest BCUT2D eigenvalue weighted by atomic mass is 10.1. The fraction of sp³-hybridized carbons (Fsp3) is 0. The minimum absolute atomic E-state index is 0.0422. The number of nitrogens with two attached hydrogens (primary N) is 1. The molecular weight excluding hydrogens is 226 g/mol. The van der Waals surface area contributed by atoms with E-state index in [2.05, 4.69) is 4.98 Å². The smallest absolute Gasteiger partial charge is 0.250 e. The topological polar surface area (TPSA) is 56.0 Å². The third-order valence-corrected chi connectivity index (χ3v) is 2.29. The van der Waals surface area contributed by atoms with Crippen LogP contribution >= 0.6 is 0 Å². The molecule has 2 aromatic rings. The van der Waals surface area contributed by atoms with Crippen LogP contribution < -0.4 is 5.73 Å². The van der Waals surface area contributed by atoms with Gasteiger partial charge in [-0.1, -0.05) is 12.1 Å². The fourth-order valence-corrected chi connectivity index (χ4v) is 1.45. The van der Waals surface area contributed by atoms with E-state index < -0.39 is 17.5 Å². The van der Waals surface area contributed by atoms with Crippen LogP contribution in [0, 0.1) is 11.6 Å². The third-order valence-electron chi connectivity index (χ3n) is 2.29. The van der Waals surface area contributed by atoms with Crippen molar-refractivity contribution >= 4 is 5.91 Å². The molecule has 0 aliphatic rings. The Kier molecular flexibility index (Phi) is 2.82. The van der Waals surface area contributed by atoms with Gasteiger partial charge in [-0.3, -0.25) is 9.78 Å². The van der Waals surface area contributed by atoms with Crippen LogP contribution in [0.25, 0.3) is 11.1 Å². The van der Waals surface area contributed by atoms with E-state index in [-0.39, 0.29) is 11.1 Å². The van der Waals surface area contributed by atoms with Gasteiger partial charge in [0.25, 0.3) is 0 Å². The van der Waals surface area contributed by atoms with Crippen LogP contribution in [0.5, 0.6) is 0 Å². The lowest BCUT2D eigenvalue weighted by molar-refractivity contribution is 0.1000. The highest BCUT2D eigenvalue weighted by molar-refractivity contribution is 5.93. The molecule has 2 N–H and O–H groups in total. The summed E-state index contributed by atoms with van der Waals surface area (Å²) in [6, 6.07) is 5.17. The maximum Gasteiger partial charge on any atom is 0.250 e. The van der Waals surface area contributed by atoms with Crippen LogP contribution in [0.4, 0.5) is 8.78 Å². The summed E-state index contributed by atoms with van der Waals surface area (Å²) in [7, 11) is 0. The molecular formula is C12H8F2N2O. The standard InChI is InChI=1S/C12H8F2N2O/c13-10-3-1-2-9(11(10)14)7-4-8(12(15)17)6-16-5-7/h1-6H,(H2,15,17). The molecule has 0 aliphatic heterocycles. The van der Waals surface area contributed by atoms with E-state index >= 15 is 0 Å². The average Bonchev–Trinajstić information content (AvgIpc) is 2.33. The van der Waals surface area contributed by atoms with Crippen LogP contribution in [0.2, 0.25) is 0 Å². The van der Waals surface area contributed by atoms with Gasteiger partial charge in [0.15, 0.2) is 11.6 Å². The van der Waals surface area contributed by atoms with Crippen LogP contribution in [0.15, 0.2) is 36.7 Å². The number of aromatic nitrogens is 1. The molecule has 0 atom stereocenters. The molecule has 0 saturated carbocycles. The van der Waals surface area contributed by atoms with Gasteiger partial charge in [0.2, 0.25) is 5.91 Å². The Balaban J connectivity index is 2.57. The normalized spacial score (nSPS) is 10.2. The first-order chi connectivity index (χ1) is 8.09. The van der Waals surface area contributed by atoms with Gasteiger partial charge in [-0.15, -0.1) is 0 Å². The average molecular weight is 234 g/mol. The van der Waals surface area contributed by atoms with Crippen molar-refractivity contribution in [2.45, 2.75) is 0 Å². The molecule has 1 aromatic heterocycles. The third kappa shape index (κ3) is 2.13. The Morgan fingerprint density at radius 1 is 1.24 bits per heavy atom. The summed E-state index contributed by atoms with van der Waals surface area (Å²) in [5.41, 5.74) is 5.57. The van der Waals surface area contributed by atoms with Gasteiger partial charge >= 0.3 is 0 Å². The Morgan fingerprint density at radius 3 is 2.71 bits per heavy atom. The van der Waals surface area contributed by atoms with Crippen LogP contribution in [-0.2, 0) is 0 Å². The molecule has 1 aromatic carbocycles. The maximum absolute atomic E-state index is 13.5. The predicted molar refractivity (Wildman–Crippen MR) is 58.1 cm³/mol. The second-order valence-corrected chi connectivity index (χ2v) is 3.43. The highest BCUT2D eigenvalue weighted by Crippen LogP contribution is 2.24. The number of hydrogen-bond donors (Lipinski definition) is 1. The summed E-state index contributed by atoms with van der Waals surface area (Å²) in [5.74, 6) is -2.60. The summed E-state index contributed by atoms with van der Waals surface area (Å²) in [6.07, 6.45) is 2.60. The van der Waals surface area contributed by atoms with Gasteiger partial charge in [0, 0.05) is 23.5 Å². The maximum atomic E-state index is 13.5. The number of halogens is 2. The molecule has 5 heteroatoms. The second-order valence-electron chi connectivity index (χ2n) is 3.43. The largest absolute Gasteiger partial charge is 0.366 e. The summed E-state index contributed by atoms with van der Waals surface area (Å²) < 4.78 is 26.5. The Hall–Kier alpha value is -2.30. The zero-order chi connectivity index (χ0) is 12.4. The van der Waals surface area contributed by atoms with Gasteiger partial charge in [0.1, 0.15) is 0 Å². The van der Waals surface area contributed by atoms with Crippen molar-refractivity contribution < 1.29 is 13.6 Å². The van der Waals surface area contributed by atoms with E-state index in [1.807, 2.05) is 0 Å². The highest BCUT2D eigenvalue weighted by Gasteiger charge is 2.11. The first kappa shape index (κ1) is 11.2.